The van der Waals surface area contributed by atoms with E-state index in [4.69, 9.17) is 9.47 Å². The molecule has 2 N–H and O–H groups in total. The second kappa shape index (κ2) is 7.20. The van der Waals surface area contributed by atoms with Gasteiger partial charge in [-0.05, 0) is 42.5 Å². The first-order valence-electron chi connectivity index (χ1n) is 7.87. The van der Waals surface area contributed by atoms with E-state index in [1.807, 2.05) is 0 Å². The topological polar surface area (TPSA) is 105 Å². The Balaban J connectivity index is 2.03. The lowest BCUT2D eigenvalue weighted by molar-refractivity contribution is -0.122. The molecule has 0 radical (unpaired) electrons. The minimum Gasteiger partial charge on any atom is -0.508 e. The number of hydrogen-bond acceptors (Lipinski definition) is 6. The Bertz CT molecular complexity index is 949. The van der Waals surface area contributed by atoms with Gasteiger partial charge in [0.15, 0.2) is 0 Å². The van der Waals surface area contributed by atoms with Crippen molar-refractivity contribution in [3.8, 4) is 17.2 Å². The number of rotatable bonds is 4. The second-order valence-corrected chi connectivity index (χ2v) is 5.58. The van der Waals surface area contributed by atoms with E-state index in [2.05, 4.69) is 5.32 Å². The van der Waals surface area contributed by atoms with E-state index < -0.39 is 17.8 Å². The van der Waals surface area contributed by atoms with Crippen LogP contribution in [0.4, 0.5) is 10.5 Å². The summed E-state index contributed by atoms with van der Waals surface area (Å²) in [6.07, 6.45) is 1.34. The van der Waals surface area contributed by atoms with Gasteiger partial charge in [0.2, 0.25) is 0 Å². The molecule has 1 heterocycles. The van der Waals surface area contributed by atoms with Crippen molar-refractivity contribution in [3.05, 3.63) is 53.6 Å². The second-order valence-electron chi connectivity index (χ2n) is 5.58. The number of carbonyl (C=O) groups is 3. The molecule has 8 nitrogen and oxygen atoms in total. The highest BCUT2D eigenvalue weighted by molar-refractivity contribution is 6.39. The van der Waals surface area contributed by atoms with Crippen molar-refractivity contribution in [2.75, 3.05) is 19.1 Å². The van der Waals surface area contributed by atoms with Gasteiger partial charge >= 0.3 is 6.03 Å². The molecule has 1 saturated heterocycles. The fourth-order valence-corrected chi connectivity index (χ4v) is 2.59. The van der Waals surface area contributed by atoms with Crippen molar-refractivity contribution >= 4 is 29.6 Å². The third-order valence-corrected chi connectivity index (χ3v) is 3.95. The average molecular weight is 368 g/mol. The number of nitrogens with zero attached hydrogens (tertiary/aromatic N) is 1. The number of aromatic hydroxyl groups is 1. The van der Waals surface area contributed by atoms with Crippen molar-refractivity contribution in [1.29, 1.82) is 0 Å². The highest BCUT2D eigenvalue weighted by Gasteiger charge is 2.36. The first-order valence-corrected chi connectivity index (χ1v) is 7.87. The lowest BCUT2D eigenvalue weighted by Gasteiger charge is -2.26. The molecule has 8 heteroatoms. The maximum atomic E-state index is 12.8. The number of methoxy groups -OCH3 is 2. The zero-order chi connectivity index (χ0) is 19.6. The normalized spacial score (nSPS) is 15.7. The summed E-state index contributed by atoms with van der Waals surface area (Å²) >= 11 is 0. The molecular weight excluding hydrogens is 352 g/mol. The van der Waals surface area contributed by atoms with Gasteiger partial charge in [0, 0.05) is 11.6 Å². The van der Waals surface area contributed by atoms with Crippen molar-refractivity contribution in [3.63, 3.8) is 0 Å². The number of ether oxygens (including phenoxy) is 2. The van der Waals surface area contributed by atoms with Crippen LogP contribution in [0.15, 0.2) is 48.0 Å². The van der Waals surface area contributed by atoms with Gasteiger partial charge in [-0.2, -0.15) is 0 Å². The molecule has 0 aliphatic carbocycles. The molecule has 27 heavy (non-hydrogen) atoms. The molecule has 0 atom stereocenters. The lowest BCUT2D eigenvalue weighted by Crippen LogP contribution is -2.54. The fourth-order valence-electron chi connectivity index (χ4n) is 2.59. The molecule has 1 fully saturated rings. The van der Waals surface area contributed by atoms with Crippen molar-refractivity contribution < 1.29 is 29.0 Å². The van der Waals surface area contributed by atoms with E-state index >= 15 is 0 Å². The number of imide groups is 2. The fraction of sp³-hybridized carbons (Fsp3) is 0.105. The smallest absolute Gasteiger partial charge is 0.335 e. The zero-order valence-corrected chi connectivity index (χ0v) is 14.6. The summed E-state index contributed by atoms with van der Waals surface area (Å²) in [5.41, 5.74) is 0.457. The number of barbiturate groups is 1. The van der Waals surface area contributed by atoms with Crippen LogP contribution in [-0.4, -0.2) is 37.2 Å². The minimum atomic E-state index is -0.866. The number of amides is 4. The SMILES string of the molecule is COc1ccc(/C=C2\C(=O)NC(=O)N(c3ccc(O)cc3)C2=O)c(OC)c1. The van der Waals surface area contributed by atoms with Crippen LogP contribution in [0.2, 0.25) is 0 Å². The predicted octanol–water partition coefficient (Wildman–Crippen LogP) is 2.08. The first-order chi connectivity index (χ1) is 12.9. The number of benzene rings is 2. The summed E-state index contributed by atoms with van der Waals surface area (Å²) in [6, 6.07) is 9.50. The molecule has 4 amide bonds. The third kappa shape index (κ3) is 3.45. The van der Waals surface area contributed by atoms with Crippen LogP contribution in [0.1, 0.15) is 5.56 Å². The van der Waals surface area contributed by atoms with E-state index in [0.717, 1.165) is 4.90 Å². The van der Waals surface area contributed by atoms with Crippen LogP contribution in [0.3, 0.4) is 0 Å². The molecule has 0 saturated carbocycles. The van der Waals surface area contributed by atoms with Crippen LogP contribution in [0.25, 0.3) is 6.08 Å². The Kier molecular flexibility index (Phi) is 4.80. The molecule has 1 aliphatic heterocycles. The molecule has 3 rings (SSSR count). The number of hydrogen-bond donors (Lipinski definition) is 2. The lowest BCUT2D eigenvalue weighted by atomic mass is 10.1. The van der Waals surface area contributed by atoms with Crippen LogP contribution in [0.5, 0.6) is 17.2 Å². The Morgan fingerprint density at radius 2 is 1.70 bits per heavy atom. The molecule has 0 aromatic heterocycles. The summed E-state index contributed by atoms with van der Waals surface area (Å²) in [4.78, 5) is 38.0. The van der Waals surface area contributed by atoms with Gasteiger partial charge in [-0.15, -0.1) is 0 Å². The highest BCUT2D eigenvalue weighted by atomic mass is 16.5. The van der Waals surface area contributed by atoms with Crippen LogP contribution >= 0.6 is 0 Å². The Labute approximate surface area is 154 Å². The minimum absolute atomic E-state index is 0.0153. The Hall–Kier alpha value is -3.81. The van der Waals surface area contributed by atoms with E-state index in [0.29, 0.717) is 17.1 Å². The van der Waals surface area contributed by atoms with Gasteiger partial charge in [-0.1, -0.05) is 0 Å². The molecule has 0 unspecified atom stereocenters. The number of urea groups is 1. The first kappa shape index (κ1) is 18.0. The average Bonchev–Trinajstić information content (AvgIpc) is 2.66. The Morgan fingerprint density at radius 3 is 2.33 bits per heavy atom. The summed E-state index contributed by atoms with van der Waals surface area (Å²) in [5.74, 6) is -0.659. The zero-order valence-electron chi connectivity index (χ0n) is 14.6. The quantitative estimate of drug-likeness (QED) is 0.632. The van der Waals surface area contributed by atoms with Crippen LogP contribution < -0.4 is 19.7 Å². The largest absolute Gasteiger partial charge is 0.508 e. The number of anilines is 1. The molecule has 0 bridgehead atoms. The predicted molar refractivity (Wildman–Crippen MR) is 96.7 cm³/mol. The number of carbonyl (C=O) groups excluding carboxylic acids is 3. The molecule has 2 aromatic carbocycles. The number of nitrogens with one attached hydrogen (secondary N) is 1. The van der Waals surface area contributed by atoms with Gasteiger partial charge in [-0.25, -0.2) is 9.69 Å². The van der Waals surface area contributed by atoms with Gasteiger partial charge < -0.3 is 14.6 Å². The summed E-state index contributed by atoms with van der Waals surface area (Å²) < 4.78 is 10.4. The molecule has 138 valence electrons. The van der Waals surface area contributed by atoms with Crippen LogP contribution in [-0.2, 0) is 9.59 Å². The monoisotopic (exact) mass is 368 g/mol. The van der Waals surface area contributed by atoms with E-state index in [9.17, 15) is 19.5 Å². The third-order valence-electron chi connectivity index (χ3n) is 3.95. The summed E-state index contributed by atoms with van der Waals surface area (Å²) in [5, 5.41) is 11.5. The standard InChI is InChI=1S/C19H16N2O6/c1-26-14-8-3-11(16(10-14)27-2)9-15-17(23)20-19(25)21(18(15)24)12-4-6-13(22)7-5-12/h3-10,22H,1-2H3,(H,20,23,25)/b15-9+. The maximum absolute atomic E-state index is 12.8. The van der Waals surface area contributed by atoms with Crippen LogP contribution in [0, 0.1) is 0 Å². The molecule has 1 aliphatic rings. The Morgan fingerprint density at radius 1 is 1.00 bits per heavy atom. The maximum Gasteiger partial charge on any atom is 0.335 e. The van der Waals surface area contributed by atoms with Gasteiger partial charge in [-0.3, -0.25) is 14.9 Å². The van der Waals surface area contributed by atoms with E-state index in [1.165, 1.54) is 44.6 Å². The van der Waals surface area contributed by atoms with E-state index in [1.54, 1.807) is 18.2 Å². The summed E-state index contributed by atoms with van der Waals surface area (Å²) in [6.45, 7) is 0. The van der Waals surface area contributed by atoms with Gasteiger partial charge in [0.25, 0.3) is 11.8 Å². The van der Waals surface area contributed by atoms with Crippen molar-refractivity contribution in [2.24, 2.45) is 0 Å². The molecular formula is C19H16N2O6. The highest BCUT2D eigenvalue weighted by Crippen LogP contribution is 2.29. The van der Waals surface area contributed by atoms with Gasteiger partial charge in [0.05, 0.1) is 19.9 Å². The summed E-state index contributed by atoms with van der Waals surface area (Å²) in [7, 11) is 2.96. The van der Waals surface area contributed by atoms with Gasteiger partial charge in [0.1, 0.15) is 22.8 Å². The number of phenolic OH excluding ortho intramolecular Hbond substituents is 1. The van der Waals surface area contributed by atoms with Crippen molar-refractivity contribution in [2.45, 2.75) is 0 Å². The molecule has 2 aromatic rings. The molecule has 0 spiro atoms. The number of phenols is 1. The van der Waals surface area contributed by atoms with E-state index in [-0.39, 0.29) is 17.0 Å². The van der Waals surface area contributed by atoms with Crippen molar-refractivity contribution in [1.82, 2.24) is 5.32 Å².